The number of aromatic nitrogens is 2. The average Bonchev–Trinajstić information content (AvgIpc) is 2.45. The van der Waals surface area contributed by atoms with E-state index in [-0.39, 0.29) is 5.56 Å². The maximum atomic E-state index is 11.2. The minimum absolute atomic E-state index is 0.188. The number of rotatable bonds is 4. The first kappa shape index (κ1) is 12.9. The number of nitrogens with one attached hydrogen (secondary N) is 1. The topological polar surface area (TPSA) is 64.2 Å². The highest BCUT2D eigenvalue weighted by Gasteiger charge is 2.01. The van der Waals surface area contributed by atoms with Crippen LogP contribution in [-0.2, 0) is 0 Å². The molecule has 1 aromatic heterocycles. The first-order valence-electron chi connectivity index (χ1n) is 5.68. The third-order valence-electron chi connectivity index (χ3n) is 2.55. The summed E-state index contributed by atoms with van der Waals surface area (Å²) in [5.41, 5.74) is 0.653. The number of hydrogen-bond donors (Lipinski definition) is 1. The maximum Gasteiger partial charge on any atom is 0.251 e. The molecular weight excluding hydrogens is 244 g/mol. The summed E-state index contributed by atoms with van der Waals surface area (Å²) in [6, 6.07) is 6.85. The summed E-state index contributed by atoms with van der Waals surface area (Å²) in [7, 11) is 3.20. The van der Waals surface area contributed by atoms with Crippen LogP contribution in [0.25, 0.3) is 12.2 Å². The van der Waals surface area contributed by atoms with Crippen LogP contribution in [0.3, 0.4) is 0 Å². The van der Waals surface area contributed by atoms with E-state index < -0.39 is 0 Å². The second-order valence-corrected chi connectivity index (χ2v) is 3.76. The predicted molar refractivity (Wildman–Crippen MR) is 73.3 cm³/mol. The van der Waals surface area contributed by atoms with E-state index in [9.17, 15) is 4.79 Å². The van der Waals surface area contributed by atoms with Gasteiger partial charge in [0.2, 0.25) is 0 Å². The summed E-state index contributed by atoms with van der Waals surface area (Å²) < 4.78 is 10.4. The zero-order valence-corrected chi connectivity index (χ0v) is 10.7. The number of benzene rings is 1. The lowest BCUT2D eigenvalue weighted by Gasteiger charge is -2.06. The highest BCUT2D eigenvalue weighted by atomic mass is 16.5. The number of aromatic amines is 1. The van der Waals surface area contributed by atoms with Crippen molar-refractivity contribution in [2.24, 2.45) is 0 Å². The van der Waals surface area contributed by atoms with Crippen molar-refractivity contribution in [1.29, 1.82) is 0 Å². The SMILES string of the molecule is COc1ccc(OC)c(/C=C/c2nccc(=O)[nH]2)c1. The maximum absolute atomic E-state index is 11.2. The monoisotopic (exact) mass is 258 g/mol. The molecule has 0 aliphatic carbocycles. The Morgan fingerprint density at radius 2 is 2.00 bits per heavy atom. The second-order valence-electron chi connectivity index (χ2n) is 3.76. The van der Waals surface area contributed by atoms with Gasteiger partial charge >= 0.3 is 0 Å². The Morgan fingerprint density at radius 3 is 2.68 bits per heavy atom. The zero-order valence-electron chi connectivity index (χ0n) is 10.7. The van der Waals surface area contributed by atoms with Crippen LogP contribution in [0.2, 0.25) is 0 Å². The Kier molecular flexibility index (Phi) is 3.97. The fraction of sp³-hybridized carbons (Fsp3) is 0.143. The number of H-pyrrole nitrogens is 1. The van der Waals surface area contributed by atoms with Crippen molar-refractivity contribution >= 4 is 12.2 Å². The summed E-state index contributed by atoms with van der Waals surface area (Å²) in [5.74, 6) is 1.93. The predicted octanol–water partition coefficient (Wildman–Crippen LogP) is 1.96. The van der Waals surface area contributed by atoms with Crippen LogP contribution in [0.1, 0.15) is 11.4 Å². The van der Waals surface area contributed by atoms with Crippen LogP contribution in [0.5, 0.6) is 11.5 Å². The molecule has 0 fully saturated rings. The van der Waals surface area contributed by atoms with Crippen molar-refractivity contribution < 1.29 is 9.47 Å². The molecule has 0 radical (unpaired) electrons. The van der Waals surface area contributed by atoms with E-state index in [4.69, 9.17) is 9.47 Å². The lowest BCUT2D eigenvalue weighted by molar-refractivity contribution is 0.402. The molecule has 0 saturated heterocycles. The lowest BCUT2D eigenvalue weighted by Crippen LogP contribution is -2.05. The Morgan fingerprint density at radius 1 is 1.16 bits per heavy atom. The summed E-state index contributed by atoms with van der Waals surface area (Å²) in [6.07, 6.45) is 4.97. The molecule has 5 nitrogen and oxygen atoms in total. The molecule has 0 amide bonds. The van der Waals surface area contributed by atoms with Gasteiger partial charge in [0.15, 0.2) is 0 Å². The molecule has 0 saturated carbocycles. The smallest absolute Gasteiger partial charge is 0.251 e. The molecule has 0 aliphatic rings. The Labute approximate surface area is 110 Å². The molecule has 2 aromatic rings. The molecule has 0 unspecified atom stereocenters. The van der Waals surface area contributed by atoms with Crippen molar-refractivity contribution in [1.82, 2.24) is 9.97 Å². The minimum Gasteiger partial charge on any atom is -0.497 e. The van der Waals surface area contributed by atoms with Gasteiger partial charge in [-0.2, -0.15) is 0 Å². The molecule has 2 rings (SSSR count). The van der Waals surface area contributed by atoms with Crippen LogP contribution < -0.4 is 15.0 Å². The van der Waals surface area contributed by atoms with E-state index >= 15 is 0 Å². The first-order chi connectivity index (χ1) is 9.22. The number of hydrogen-bond acceptors (Lipinski definition) is 4. The van der Waals surface area contributed by atoms with Crippen molar-refractivity contribution in [3.05, 3.63) is 52.2 Å². The van der Waals surface area contributed by atoms with Crippen LogP contribution >= 0.6 is 0 Å². The van der Waals surface area contributed by atoms with E-state index in [0.29, 0.717) is 5.82 Å². The lowest BCUT2D eigenvalue weighted by atomic mass is 10.1. The minimum atomic E-state index is -0.188. The Balaban J connectivity index is 2.34. The first-order valence-corrected chi connectivity index (χ1v) is 5.68. The third-order valence-corrected chi connectivity index (χ3v) is 2.55. The van der Waals surface area contributed by atoms with E-state index in [1.807, 2.05) is 18.2 Å². The van der Waals surface area contributed by atoms with E-state index in [0.717, 1.165) is 17.1 Å². The van der Waals surface area contributed by atoms with Gasteiger partial charge in [0, 0.05) is 17.8 Å². The summed E-state index contributed by atoms with van der Waals surface area (Å²) >= 11 is 0. The van der Waals surface area contributed by atoms with E-state index in [1.54, 1.807) is 26.4 Å². The molecule has 0 bridgehead atoms. The summed E-state index contributed by atoms with van der Waals surface area (Å²) in [5, 5.41) is 0. The summed E-state index contributed by atoms with van der Waals surface area (Å²) in [4.78, 5) is 17.8. The number of nitrogens with zero attached hydrogens (tertiary/aromatic N) is 1. The van der Waals surface area contributed by atoms with Crippen molar-refractivity contribution in [3.8, 4) is 11.5 Å². The molecular formula is C14H14N2O3. The van der Waals surface area contributed by atoms with Crippen molar-refractivity contribution in [2.45, 2.75) is 0 Å². The van der Waals surface area contributed by atoms with Crippen LogP contribution in [0.4, 0.5) is 0 Å². The Hall–Kier alpha value is -2.56. The Bertz CT molecular complexity index is 647. The summed E-state index contributed by atoms with van der Waals surface area (Å²) in [6.45, 7) is 0. The van der Waals surface area contributed by atoms with Crippen molar-refractivity contribution in [3.63, 3.8) is 0 Å². The fourth-order valence-corrected chi connectivity index (χ4v) is 1.61. The van der Waals surface area contributed by atoms with Gasteiger partial charge in [-0.25, -0.2) is 4.98 Å². The highest BCUT2D eigenvalue weighted by Crippen LogP contribution is 2.25. The van der Waals surface area contributed by atoms with Gasteiger partial charge in [0.1, 0.15) is 17.3 Å². The number of methoxy groups -OCH3 is 2. The molecule has 0 aliphatic heterocycles. The molecule has 1 heterocycles. The zero-order chi connectivity index (χ0) is 13.7. The van der Waals surface area contributed by atoms with Gasteiger partial charge in [0.25, 0.3) is 5.56 Å². The van der Waals surface area contributed by atoms with E-state index in [2.05, 4.69) is 9.97 Å². The largest absolute Gasteiger partial charge is 0.497 e. The van der Waals surface area contributed by atoms with Crippen LogP contribution in [0.15, 0.2) is 35.3 Å². The quantitative estimate of drug-likeness (QED) is 0.910. The van der Waals surface area contributed by atoms with E-state index in [1.165, 1.54) is 12.3 Å². The van der Waals surface area contributed by atoms with Crippen LogP contribution in [-0.4, -0.2) is 24.2 Å². The highest BCUT2D eigenvalue weighted by molar-refractivity contribution is 5.71. The fourth-order valence-electron chi connectivity index (χ4n) is 1.61. The van der Waals surface area contributed by atoms with Gasteiger partial charge in [-0.1, -0.05) is 0 Å². The van der Waals surface area contributed by atoms with Gasteiger partial charge < -0.3 is 14.5 Å². The second kappa shape index (κ2) is 5.86. The normalized spacial score (nSPS) is 10.6. The average molecular weight is 258 g/mol. The van der Waals surface area contributed by atoms with Gasteiger partial charge in [0.05, 0.1) is 14.2 Å². The van der Waals surface area contributed by atoms with Gasteiger partial charge in [-0.3, -0.25) is 4.79 Å². The third kappa shape index (κ3) is 3.22. The molecule has 1 N–H and O–H groups in total. The molecule has 5 heteroatoms. The molecule has 0 spiro atoms. The molecule has 1 aromatic carbocycles. The van der Waals surface area contributed by atoms with Crippen LogP contribution in [0, 0.1) is 0 Å². The number of ether oxygens (including phenoxy) is 2. The molecule has 0 atom stereocenters. The molecule has 19 heavy (non-hydrogen) atoms. The van der Waals surface area contributed by atoms with Gasteiger partial charge in [-0.05, 0) is 30.4 Å². The van der Waals surface area contributed by atoms with Gasteiger partial charge in [-0.15, -0.1) is 0 Å². The van der Waals surface area contributed by atoms with Crippen molar-refractivity contribution in [2.75, 3.05) is 14.2 Å². The molecule has 98 valence electrons. The standard InChI is InChI=1S/C14H14N2O3/c1-18-11-4-5-12(19-2)10(9-11)3-6-13-15-8-7-14(17)16-13/h3-9H,1-2H3,(H,15,16,17)/b6-3+.